The Bertz CT molecular complexity index is 1020. The van der Waals surface area contributed by atoms with Gasteiger partial charge in [0, 0.05) is 30.5 Å². The minimum atomic E-state index is -3.58. The summed E-state index contributed by atoms with van der Waals surface area (Å²) in [5.41, 5.74) is 3.72. The molecule has 0 bridgehead atoms. The van der Waals surface area contributed by atoms with Crippen molar-refractivity contribution in [2.24, 2.45) is 0 Å². The SMILES string of the molecule is CCN(CC)S(=O)(=O)c1ccc(C)c(NC(=O)CN2c3ccccc3CCC2C)c1. The van der Waals surface area contributed by atoms with Gasteiger partial charge in [0.25, 0.3) is 0 Å². The molecule has 1 heterocycles. The molecule has 162 valence electrons. The third kappa shape index (κ3) is 4.52. The Labute approximate surface area is 179 Å². The lowest BCUT2D eigenvalue weighted by atomic mass is 9.96. The fourth-order valence-electron chi connectivity index (χ4n) is 3.95. The van der Waals surface area contributed by atoms with E-state index in [9.17, 15) is 13.2 Å². The summed E-state index contributed by atoms with van der Waals surface area (Å²) < 4.78 is 27.1. The summed E-state index contributed by atoms with van der Waals surface area (Å²) in [6, 6.07) is 13.4. The van der Waals surface area contributed by atoms with Gasteiger partial charge in [-0.1, -0.05) is 38.1 Å². The first-order valence-electron chi connectivity index (χ1n) is 10.5. The number of nitrogens with zero attached hydrogens (tertiary/aromatic N) is 2. The quantitative estimate of drug-likeness (QED) is 0.727. The van der Waals surface area contributed by atoms with Gasteiger partial charge in [-0.15, -0.1) is 0 Å². The number of anilines is 2. The van der Waals surface area contributed by atoms with E-state index < -0.39 is 10.0 Å². The number of carbonyl (C=O) groups excluding carboxylic acids is 1. The van der Waals surface area contributed by atoms with Gasteiger partial charge in [0.05, 0.1) is 11.4 Å². The number of nitrogens with one attached hydrogen (secondary N) is 1. The Morgan fingerprint density at radius 1 is 1.17 bits per heavy atom. The van der Waals surface area contributed by atoms with Crippen LogP contribution in [0.4, 0.5) is 11.4 Å². The van der Waals surface area contributed by atoms with Gasteiger partial charge in [0.1, 0.15) is 0 Å². The fraction of sp³-hybridized carbons (Fsp3) is 0.435. The maximum Gasteiger partial charge on any atom is 0.243 e. The molecule has 1 aliphatic rings. The molecule has 1 unspecified atom stereocenters. The second kappa shape index (κ2) is 9.18. The average molecular weight is 430 g/mol. The number of aryl methyl sites for hydroxylation is 2. The Hall–Kier alpha value is -2.38. The lowest BCUT2D eigenvalue weighted by Crippen LogP contribution is -2.42. The van der Waals surface area contributed by atoms with Crippen LogP contribution in [0, 0.1) is 6.92 Å². The van der Waals surface area contributed by atoms with Crippen molar-refractivity contribution in [2.45, 2.75) is 51.5 Å². The number of carbonyl (C=O) groups is 1. The van der Waals surface area contributed by atoms with Gasteiger partial charge < -0.3 is 10.2 Å². The van der Waals surface area contributed by atoms with E-state index in [1.807, 2.05) is 32.9 Å². The summed E-state index contributed by atoms with van der Waals surface area (Å²) in [6.45, 7) is 8.66. The summed E-state index contributed by atoms with van der Waals surface area (Å²) in [4.78, 5) is 15.2. The molecule has 6 nitrogen and oxygen atoms in total. The van der Waals surface area contributed by atoms with Crippen LogP contribution in [-0.4, -0.2) is 44.3 Å². The van der Waals surface area contributed by atoms with Gasteiger partial charge in [0.15, 0.2) is 0 Å². The first-order valence-corrected chi connectivity index (χ1v) is 12.0. The van der Waals surface area contributed by atoms with Crippen molar-refractivity contribution in [3.8, 4) is 0 Å². The Morgan fingerprint density at radius 2 is 1.87 bits per heavy atom. The molecule has 30 heavy (non-hydrogen) atoms. The number of para-hydroxylation sites is 1. The minimum absolute atomic E-state index is 0.154. The van der Waals surface area contributed by atoms with Crippen molar-refractivity contribution >= 4 is 27.3 Å². The molecule has 0 fully saturated rings. The Morgan fingerprint density at radius 3 is 2.57 bits per heavy atom. The lowest BCUT2D eigenvalue weighted by molar-refractivity contribution is -0.115. The summed E-state index contributed by atoms with van der Waals surface area (Å²) in [5.74, 6) is -0.154. The molecule has 7 heteroatoms. The largest absolute Gasteiger partial charge is 0.359 e. The smallest absolute Gasteiger partial charge is 0.243 e. The molecule has 0 radical (unpaired) electrons. The normalized spacial score (nSPS) is 16.4. The van der Waals surface area contributed by atoms with E-state index in [0.717, 1.165) is 24.1 Å². The maximum absolute atomic E-state index is 12.9. The molecule has 0 spiro atoms. The van der Waals surface area contributed by atoms with Gasteiger partial charge >= 0.3 is 0 Å². The lowest BCUT2D eigenvalue weighted by Gasteiger charge is -2.36. The minimum Gasteiger partial charge on any atom is -0.359 e. The topological polar surface area (TPSA) is 69.7 Å². The summed E-state index contributed by atoms with van der Waals surface area (Å²) in [6.07, 6.45) is 2.01. The second-order valence-electron chi connectivity index (χ2n) is 7.76. The highest BCUT2D eigenvalue weighted by molar-refractivity contribution is 7.89. The van der Waals surface area contributed by atoms with Crippen LogP contribution in [-0.2, 0) is 21.2 Å². The van der Waals surface area contributed by atoms with E-state index in [4.69, 9.17) is 0 Å². The van der Waals surface area contributed by atoms with E-state index >= 15 is 0 Å². The van der Waals surface area contributed by atoms with Crippen LogP contribution in [0.25, 0.3) is 0 Å². The number of amides is 1. The van der Waals surface area contributed by atoms with Crippen molar-refractivity contribution < 1.29 is 13.2 Å². The Kier molecular flexibility index (Phi) is 6.83. The maximum atomic E-state index is 12.9. The number of benzene rings is 2. The van der Waals surface area contributed by atoms with Crippen LogP contribution < -0.4 is 10.2 Å². The van der Waals surface area contributed by atoms with Crippen LogP contribution in [0.3, 0.4) is 0 Å². The van der Waals surface area contributed by atoms with Gasteiger partial charge in [-0.3, -0.25) is 4.79 Å². The van der Waals surface area contributed by atoms with E-state index in [1.54, 1.807) is 18.2 Å². The van der Waals surface area contributed by atoms with Crippen LogP contribution in [0.2, 0.25) is 0 Å². The first-order chi connectivity index (χ1) is 14.3. The molecule has 2 aromatic rings. The zero-order valence-corrected chi connectivity index (χ0v) is 19.0. The molecule has 2 aromatic carbocycles. The molecule has 0 aliphatic carbocycles. The zero-order valence-electron chi connectivity index (χ0n) is 18.2. The average Bonchev–Trinajstić information content (AvgIpc) is 2.72. The zero-order chi connectivity index (χ0) is 21.9. The fourth-order valence-corrected chi connectivity index (χ4v) is 5.44. The number of hydrogen-bond acceptors (Lipinski definition) is 4. The number of rotatable bonds is 7. The molecule has 1 amide bonds. The van der Waals surface area contributed by atoms with E-state index in [0.29, 0.717) is 18.8 Å². The third-order valence-electron chi connectivity index (χ3n) is 5.80. The summed E-state index contributed by atoms with van der Waals surface area (Å²) >= 11 is 0. The highest BCUT2D eigenvalue weighted by Crippen LogP contribution is 2.30. The van der Waals surface area contributed by atoms with Crippen molar-refractivity contribution in [1.82, 2.24) is 4.31 Å². The molecular formula is C23H31N3O3S. The second-order valence-corrected chi connectivity index (χ2v) is 9.70. The monoisotopic (exact) mass is 429 g/mol. The standard InChI is InChI=1S/C23H31N3O3S/c1-5-25(6-2)30(28,29)20-14-11-17(3)21(15-20)24-23(27)16-26-18(4)12-13-19-9-7-8-10-22(19)26/h7-11,14-15,18H,5-6,12-13,16H2,1-4H3,(H,24,27). The van der Waals surface area contributed by atoms with Crippen LogP contribution in [0.5, 0.6) is 0 Å². The van der Waals surface area contributed by atoms with Crippen LogP contribution >= 0.6 is 0 Å². The number of fused-ring (bicyclic) bond motifs is 1. The van der Waals surface area contributed by atoms with Gasteiger partial charge in [-0.25, -0.2) is 8.42 Å². The molecule has 3 rings (SSSR count). The molecule has 1 atom stereocenters. The van der Waals surface area contributed by atoms with Crippen molar-refractivity contribution in [1.29, 1.82) is 0 Å². The van der Waals surface area contributed by atoms with Gasteiger partial charge in [-0.2, -0.15) is 4.31 Å². The van der Waals surface area contributed by atoms with Gasteiger partial charge in [0.2, 0.25) is 15.9 Å². The number of hydrogen-bond donors (Lipinski definition) is 1. The predicted molar refractivity (Wildman–Crippen MR) is 121 cm³/mol. The van der Waals surface area contributed by atoms with E-state index in [1.165, 1.54) is 9.87 Å². The summed E-state index contributed by atoms with van der Waals surface area (Å²) in [5, 5.41) is 2.93. The molecule has 0 saturated carbocycles. The van der Waals surface area contributed by atoms with Crippen LogP contribution in [0.1, 0.15) is 38.3 Å². The summed E-state index contributed by atoms with van der Waals surface area (Å²) in [7, 11) is -3.58. The first kappa shape index (κ1) is 22.3. The number of sulfonamides is 1. The highest BCUT2D eigenvalue weighted by Gasteiger charge is 2.26. The van der Waals surface area contributed by atoms with Crippen LogP contribution in [0.15, 0.2) is 47.4 Å². The van der Waals surface area contributed by atoms with E-state index in [-0.39, 0.29) is 23.4 Å². The predicted octanol–water partition coefficient (Wildman–Crippen LogP) is 3.81. The molecule has 0 saturated heterocycles. The van der Waals surface area contributed by atoms with Crippen molar-refractivity contribution in [3.05, 3.63) is 53.6 Å². The molecule has 1 N–H and O–H groups in total. The Balaban J connectivity index is 1.81. The molecular weight excluding hydrogens is 398 g/mol. The van der Waals surface area contributed by atoms with Crippen molar-refractivity contribution in [3.63, 3.8) is 0 Å². The molecule has 0 aromatic heterocycles. The van der Waals surface area contributed by atoms with E-state index in [2.05, 4.69) is 29.3 Å². The third-order valence-corrected chi connectivity index (χ3v) is 7.85. The van der Waals surface area contributed by atoms with Gasteiger partial charge in [-0.05, 0) is 56.0 Å². The highest BCUT2D eigenvalue weighted by atomic mass is 32.2. The molecule has 1 aliphatic heterocycles. The van der Waals surface area contributed by atoms with Crippen molar-refractivity contribution in [2.75, 3.05) is 29.9 Å².